The Balaban J connectivity index is 1.46. The van der Waals surface area contributed by atoms with E-state index in [0.29, 0.717) is 23.7 Å². The van der Waals surface area contributed by atoms with Gasteiger partial charge in [0.25, 0.3) is 5.91 Å². The van der Waals surface area contributed by atoms with Crippen LogP contribution in [0.1, 0.15) is 17.9 Å². The Bertz CT molecular complexity index is 1340. The zero-order chi connectivity index (χ0) is 27.8. The van der Waals surface area contributed by atoms with Crippen molar-refractivity contribution in [3.05, 3.63) is 59.9 Å². The maximum absolute atomic E-state index is 13.2. The maximum Gasteiger partial charge on any atom is 0.286 e. The van der Waals surface area contributed by atoms with Gasteiger partial charge in [-0.1, -0.05) is 12.0 Å². The number of terminal acetylenes is 1. The number of nitrogens with zero attached hydrogens (tertiary/aromatic N) is 1. The first kappa shape index (κ1) is 28.3. The van der Waals surface area contributed by atoms with Gasteiger partial charge in [0.05, 0.1) is 31.8 Å². The van der Waals surface area contributed by atoms with Crippen LogP contribution in [0.4, 0.5) is 0 Å². The Kier molecular flexibility index (Phi) is 9.32. The van der Waals surface area contributed by atoms with Crippen molar-refractivity contribution in [1.29, 1.82) is 0 Å². The molecule has 2 aliphatic rings. The molecule has 0 aromatic heterocycles. The predicted molar refractivity (Wildman–Crippen MR) is 140 cm³/mol. The summed E-state index contributed by atoms with van der Waals surface area (Å²) in [6.45, 7) is -0.428. The van der Waals surface area contributed by atoms with Crippen LogP contribution in [0.25, 0.3) is 0 Å². The Morgan fingerprint density at radius 3 is 2.67 bits per heavy atom. The van der Waals surface area contributed by atoms with Gasteiger partial charge in [0.15, 0.2) is 17.3 Å². The second-order valence-electron chi connectivity index (χ2n) is 8.59. The lowest BCUT2D eigenvalue weighted by atomic mass is 9.92. The number of benzene rings is 2. The summed E-state index contributed by atoms with van der Waals surface area (Å²) in [5, 5.41) is 12.1. The highest BCUT2D eigenvalue weighted by Crippen LogP contribution is 2.38. The van der Waals surface area contributed by atoms with E-state index >= 15 is 0 Å². The molecule has 4 rings (SSSR count). The average molecular weight is 559 g/mol. The number of aliphatic hydroxyl groups excluding tert-OH is 1. The summed E-state index contributed by atoms with van der Waals surface area (Å²) in [4.78, 5) is 12.7. The van der Waals surface area contributed by atoms with Crippen LogP contribution in [0.5, 0.6) is 17.2 Å². The summed E-state index contributed by atoms with van der Waals surface area (Å²) in [6.07, 6.45) is 6.46. The van der Waals surface area contributed by atoms with Crippen LogP contribution in [0.15, 0.2) is 59.2 Å². The number of ether oxygens (including phenoxy) is 5. The minimum Gasteiger partial charge on any atom is -0.497 e. The summed E-state index contributed by atoms with van der Waals surface area (Å²) in [7, 11) is -2.42. The summed E-state index contributed by atoms with van der Waals surface area (Å²) in [6, 6.07) is 11.5. The molecule has 0 saturated heterocycles. The largest absolute Gasteiger partial charge is 0.497 e. The van der Waals surface area contributed by atoms with Gasteiger partial charge in [-0.25, -0.2) is 8.42 Å². The first-order chi connectivity index (χ1) is 18.8. The van der Waals surface area contributed by atoms with E-state index in [1.165, 1.54) is 19.2 Å². The normalized spacial score (nSPS) is 18.2. The summed E-state index contributed by atoms with van der Waals surface area (Å²) < 4.78 is 55.1. The van der Waals surface area contributed by atoms with Crippen LogP contribution in [0, 0.1) is 12.3 Å². The molecule has 0 fully saturated rings. The number of sulfonamides is 1. The van der Waals surface area contributed by atoms with E-state index in [4.69, 9.17) is 30.1 Å². The molecule has 12 heteroatoms. The van der Waals surface area contributed by atoms with Crippen LogP contribution >= 0.6 is 0 Å². The lowest BCUT2D eigenvalue weighted by Crippen LogP contribution is -2.38. The van der Waals surface area contributed by atoms with E-state index in [9.17, 15) is 18.3 Å². The van der Waals surface area contributed by atoms with Gasteiger partial charge < -0.3 is 34.1 Å². The van der Waals surface area contributed by atoms with E-state index in [-0.39, 0.29) is 56.2 Å². The van der Waals surface area contributed by atoms with Crippen molar-refractivity contribution in [3.63, 3.8) is 0 Å². The second-order valence-corrected chi connectivity index (χ2v) is 10.5. The molecule has 2 aromatic rings. The summed E-state index contributed by atoms with van der Waals surface area (Å²) >= 11 is 0. The highest BCUT2D eigenvalue weighted by Gasteiger charge is 2.31. The summed E-state index contributed by atoms with van der Waals surface area (Å²) in [5.74, 6) is 3.40. The van der Waals surface area contributed by atoms with Crippen LogP contribution in [-0.2, 0) is 24.3 Å². The third-order valence-corrected chi connectivity index (χ3v) is 8.06. The number of allylic oxidation sites excluding steroid dienone is 1. The zero-order valence-corrected chi connectivity index (χ0v) is 22.2. The number of amides is 1. The molecule has 2 aromatic carbocycles. The molecule has 0 aliphatic carbocycles. The molecule has 2 heterocycles. The zero-order valence-electron chi connectivity index (χ0n) is 21.4. The van der Waals surface area contributed by atoms with Crippen molar-refractivity contribution in [1.82, 2.24) is 9.62 Å². The molecule has 2 atom stereocenters. The van der Waals surface area contributed by atoms with Gasteiger partial charge in [0.2, 0.25) is 23.1 Å². The number of fused-ring (bicyclic) bond motifs is 1. The van der Waals surface area contributed by atoms with Crippen molar-refractivity contribution < 1.29 is 42.0 Å². The standard InChI is InChI=1S/C27H30N2O9S/c1-3-10-28-27(31)25-16-20(19-4-9-23-24(15-19)37-18-36-23)17-26(38-25)35-14-12-29(11-13-30)39(32,33)22-7-5-21(34-2)6-8-22/h1,4-9,15-16,20,26,30H,10-14,17-18H2,2H3,(H,28,31)/t20-,26+/m0/s1. The molecule has 11 nitrogen and oxygen atoms in total. The Hall–Kier alpha value is -3.76. The minimum absolute atomic E-state index is 0.0269. The van der Waals surface area contributed by atoms with Crippen molar-refractivity contribution >= 4 is 15.9 Å². The fraction of sp³-hybridized carbons (Fsp3) is 0.370. The maximum atomic E-state index is 13.2. The highest BCUT2D eigenvalue weighted by atomic mass is 32.2. The molecule has 0 spiro atoms. The lowest BCUT2D eigenvalue weighted by Gasteiger charge is -2.30. The Morgan fingerprint density at radius 2 is 1.95 bits per heavy atom. The summed E-state index contributed by atoms with van der Waals surface area (Å²) in [5.41, 5.74) is 0.863. The molecule has 0 saturated carbocycles. The lowest BCUT2D eigenvalue weighted by molar-refractivity contribution is -0.146. The second kappa shape index (κ2) is 12.9. The monoisotopic (exact) mass is 558 g/mol. The molecule has 0 unspecified atom stereocenters. The van der Waals surface area contributed by atoms with Crippen LogP contribution in [0.2, 0.25) is 0 Å². The van der Waals surface area contributed by atoms with Crippen molar-refractivity contribution in [2.45, 2.75) is 23.5 Å². The van der Waals surface area contributed by atoms with E-state index in [0.717, 1.165) is 9.87 Å². The van der Waals surface area contributed by atoms with Crippen molar-refractivity contribution in [3.8, 4) is 29.6 Å². The molecule has 2 N–H and O–H groups in total. The number of hydrogen-bond acceptors (Lipinski definition) is 9. The van der Waals surface area contributed by atoms with E-state index in [1.807, 2.05) is 12.1 Å². The molecule has 0 bridgehead atoms. The van der Waals surface area contributed by atoms with Crippen LogP contribution in [0.3, 0.4) is 0 Å². The number of carbonyl (C=O) groups is 1. The van der Waals surface area contributed by atoms with Gasteiger partial charge in [-0.3, -0.25) is 4.79 Å². The number of nitrogens with one attached hydrogen (secondary N) is 1. The fourth-order valence-electron chi connectivity index (χ4n) is 4.16. The third-order valence-electron chi connectivity index (χ3n) is 6.15. The molecule has 39 heavy (non-hydrogen) atoms. The van der Waals surface area contributed by atoms with Crippen LogP contribution < -0.4 is 19.5 Å². The van der Waals surface area contributed by atoms with Crippen molar-refractivity contribution in [2.24, 2.45) is 0 Å². The van der Waals surface area contributed by atoms with Gasteiger partial charge in [-0.15, -0.1) is 6.42 Å². The highest BCUT2D eigenvalue weighted by molar-refractivity contribution is 7.89. The van der Waals surface area contributed by atoms with Crippen molar-refractivity contribution in [2.75, 3.05) is 46.8 Å². The van der Waals surface area contributed by atoms with Gasteiger partial charge in [0, 0.05) is 25.4 Å². The van der Waals surface area contributed by atoms with Crippen LogP contribution in [-0.4, -0.2) is 76.8 Å². The molecule has 0 radical (unpaired) electrons. The smallest absolute Gasteiger partial charge is 0.286 e. The fourth-order valence-corrected chi connectivity index (χ4v) is 5.57. The van der Waals surface area contributed by atoms with Gasteiger partial charge in [-0.05, 0) is 48.0 Å². The van der Waals surface area contributed by atoms with Gasteiger partial charge in [0.1, 0.15) is 5.75 Å². The third kappa shape index (κ3) is 6.82. The number of aliphatic hydroxyl groups is 1. The number of hydrogen-bond donors (Lipinski definition) is 2. The Morgan fingerprint density at radius 1 is 1.18 bits per heavy atom. The number of carbonyl (C=O) groups excluding carboxylic acids is 1. The van der Waals surface area contributed by atoms with E-state index in [2.05, 4.69) is 11.2 Å². The van der Waals surface area contributed by atoms with E-state index in [1.54, 1.807) is 24.3 Å². The number of methoxy groups -OCH3 is 1. The topological polar surface area (TPSA) is 133 Å². The molecular formula is C27H30N2O9S. The molecule has 1 amide bonds. The van der Waals surface area contributed by atoms with E-state index < -0.39 is 22.2 Å². The first-order valence-corrected chi connectivity index (χ1v) is 13.7. The number of rotatable bonds is 12. The molecule has 2 aliphatic heterocycles. The SMILES string of the molecule is C#CCNC(=O)C1=C[C@H](c2ccc3c(c2)OCO3)C[C@H](OCCN(CCO)S(=O)(=O)c2ccc(OC)cc2)O1. The molecule has 208 valence electrons. The van der Waals surface area contributed by atoms with Gasteiger partial charge in [-0.2, -0.15) is 4.31 Å². The molecular weight excluding hydrogens is 528 g/mol. The minimum atomic E-state index is -3.91. The predicted octanol–water partition coefficient (Wildman–Crippen LogP) is 1.59. The van der Waals surface area contributed by atoms with Gasteiger partial charge >= 0.3 is 0 Å². The Labute approximate surface area is 227 Å². The average Bonchev–Trinajstić information content (AvgIpc) is 3.43. The first-order valence-electron chi connectivity index (χ1n) is 12.2. The quantitative estimate of drug-likeness (QED) is 0.373.